The van der Waals surface area contributed by atoms with E-state index in [0.717, 1.165) is 5.56 Å². The zero-order chi connectivity index (χ0) is 20.2. The Hall–Kier alpha value is -3.32. The largest absolute Gasteiger partial charge is 0.454 e. The van der Waals surface area contributed by atoms with Crippen molar-refractivity contribution >= 4 is 23.2 Å². The zero-order valence-electron chi connectivity index (χ0n) is 15.8. The molecule has 2 amide bonds. The van der Waals surface area contributed by atoms with E-state index in [1.54, 1.807) is 12.1 Å². The molecule has 2 atom stereocenters. The van der Waals surface area contributed by atoms with Gasteiger partial charge in [0.05, 0.1) is 10.9 Å². The number of carbonyl (C=O) groups excluding carboxylic acids is 2. The van der Waals surface area contributed by atoms with Crippen molar-refractivity contribution < 1.29 is 19.1 Å². The highest BCUT2D eigenvalue weighted by molar-refractivity contribution is 7.12. The fourth-order valence-electron chi connectivity index (χ4n) is 3.12. The van der Waals surface area contributed by atoms with Crippen molar-refractivity contribution in [1.82, 2.24) is 10.6 Å². The Morgan fingerprint density at radius 3 is 2.48 bits per heavy atom. The number of fused-ring (bicyclic) bond motifs is 1. The smallest absolute Gasteiger partial charge is 0.262 e. The minimum absolute atomic E-state index is 0.199. The second-order valence-electron chi connectivity index (χ2n) is 6.64. The molecule has 1 aliphatic rings. The fourth-order valence-corrected chi connectivity index (χ4v) is 3.75. The van der Waals surface area contributed by atoms with Crippen LogP contribution in [0.5, 0.6) is 11.5 Å². The molecule has 1 aliphatic heterocycles. The topological polar surface area (TPSA) is 76.7 Å². The van der Waals surface area contributed by atoms with Gasteiger partial charge in [-0.25, -0.2) is 0 Å². The first-order chi connectivity index (χ1) is 14.1. The lowest BCUT2D eigenvalue weighted by molar-refractivity contribution is -0.123. The van der Waals surface area contributed by atoms with Gasteiger partial charge in [0.2, 0.25) is 12.7 Å². The summed E-state index contributed by atoms with van der Waals surface area (Å²) in [5, 5.41) is 7.67. The van der Waals surface area contributed by atoms with E-state index in [0.29, 0.717) is 21.9 Å². The number of amides is 2. The van der Waals surface area contributed by atoms with Gasteiger partial charge in [0.1, 0.15) is 6.04 Å². The molecule has 2 unspecified atom stereocenters. The summed E-state index contributed by atoms with van der Waals surface area (Å²) in [4.78, 5) is 26.2. The summed E-state index contributed by atoms with van der Waals surface area (Å²) < 4.78 is 10.7. The van der Waals surface area contributed by atoms with Gasteiger partial charge in [-0.2, -0.15) is 0 Å². The third-order valence-corrected chi connectivity index (χ3v) is 5.54. The molecular weight excluding hydrogens is 388 g/mol. The van der Waals surface area contributed by atoms with E-state index >= 15 is 0 Å². The Morgan fingerprint density at radius 1 is 0.931 bits per heavy atom. The minimum atomic E-state index is -0.803. The summed E-state index contributed by atoms with van der Waals surface area (Å²) in [6.07, 6.45) is 0. The molecule has 0 bridgehead atoms. The second-order valence-corrected chi connectivity index (χ2v) is 7.59. The van der Waals surface area contributed by atoms with Crippen molar-refractivity contribution in [2.75, 3.05) is 6.79 Å². The third kappa shape index (κ3) is 4.25. The summed E-state index contributed by atoms with van der Waals surface area (Å²) in [7, 11) is 0. The van der Waals surface area contributed by atoms with Gasteiger partial charge in [-0.3, -0.25) is 9.59 Å². The third-order valence-electron chi connectivity index (χ3n) is 4.67. The molecule has 2 aromatic carbocycles. The molecule has 29 heavy (non-hydrogen) atoms. The molecule has 0 saturated carbocycles. The molecule has 7 heteroatoms. The average molecular weight is 408 g/mol. The molecule has 0 aliphatic carbocycles. The summed E-state index contributed by atoms with van der Waals surface area (Å²) in [5.41, 5.74) is 1.60. The Labute approximate surface area is 172 Å². The summed E-state index contributed by atoms with van der Waals surface area (Å²) in [5.74, 6) is 0.790. The van der Waals surface area contributed by atoms with Gasteiger partial charge in [-0.05, 0) is 41.6 Å². The lowest BCUT2D eigenvalue weighted by Gasteiger charge is -2.22. The molecular formula is C22H20N2O4S. The van der Waals surface area contributed by atoms with Crippen LogP contribution in [-0.2, 0) is 4.79 Å². The van der Waals surface area contributed by atoms with Crippen LogP contribution in [0.25, 0.3) is 0 Å². The van der Waals surface area contributed by atoms with E-state index in [1.807, 2.05) is 60.8 Å². The minimum Gasteiger partial charge on any atom is -0.454 e. The average Bonchev–Trinajstić information content (AvgIpc) is 3.43. The number of ether oxygens (including phenoxy) is 2. The van der Waals surface area contributed by atoms with E-state index in [1.165, 1.54) is 11.3 Å². The van der Waals surface area contributed by atoms with Crippen LogP contribution < -0.4 is 20.1 Å². The number of carbonyl (C=O) groups is 2. The molecule has 6 nitrogen and oxygen atoms in total. The highest BCUT2D eigenvalue weighted by atomic mass is 32.1. The number of thiophene rings is 1. The molecule has 0 saturated heterocycles. The number of hydrogen-bond acceptors (Lipinski definition) is 5. The monoisotopic (exact) mass is 408 g/mol. The van der Waals surface area contributed by atoms with Crippen molar-refractivity contribution in [3.8, 4) is 11.5 Å². The van der Waals surface area contributed by atoms with Crippen LogP contribution in [0, 0.1) is 0 Å². The zero-order valence-corrected chi connectivity index (χ0v) is 16.6. The molecule has 0 radical (unpaired) electrons. The quantitative estimate of drug-likeness (QED) is 0.650. The number of rotatable bonds is 6. The first-order valence-electron chi connectivity index (χ1n) is 9.21. The Bertz CT molecular complexity index is 1000. The van der Waals surface area contributed by atoms with Crippen LogP contribution in [0.1, 0.15) is 39.8 Å². The normalized spacial score (nSPS) is 14.1. The molecule has 1 aromatic heterocycles. The van der Waals surface area contributed by atoms with Crippen LogP contribution in [0.4, 0.5) is 0 Å². The Balaban J connectivity index is 1.52. The second kappa shape index (κ2) is 8.36. The summed E-state index contributed by atoms with van der Waals surface area (Å²) in [6, 6.07) is 17.2. The van der Waals surface area contributed by atoms with E-state index in [4.69, 9.17) is 9.47 Å². The van der Waals surface area contributed by atoms with Crippen LogP contribution in [-0.4, -0.2) is 18.6 Å². The van der Waals surface area contributed by atoms with Gasteiger partial charge in [-0.1, -0.05) is 42.5 Å². The molecule has 2 N–H and O–H groups in total. The molecule has 3 aromatic rings. The number of nitrogens with one attached hydrogen (secondary N) is 2. The standard InChI is InChI=1S/C22H20N2O4S/c1-14(16-9-10-17-18(12-16)28-13-27-17)23-22(26)20(15-6-3-2-4-7-15)24-21(25)19-8-5-11-29-19/h2-12,14,20H,13H2,1H3,(H,23,26)(H,24,25). The van der Waals surface area contributed by atoms with Gasteiger partial charge >= 0.3 is 0 Å². The van der Waals surface area contributed by atoms with Crippen molar-refractivity contribution in [2.45, 2.75) is 19.0 Å². The van der Waals surface area contributed by atoms with Gasteiger partial charge < -0.3 is 20.1 Å². The lowest BCUT2D eigenvalue weighted by atomic mass is 10.0. The van der Waals surface area contributed by atoms with Gasteiger partial charge in [0.15, 0.2) is 11.5 Å². The van der Waals surface area contributed by atoms with Gasteiger partial charge in [0.25, 0.3) is 5.91 Å². The Kier molecular flexibility index (Phi) is 5.48. The van der Waals surface area contributed by atoms with Crippen LogP contribution >= 0.6 is 11.3 Å². The molecule has 4 rings (SSSR count). The highest BCUT2D eigenvalue weighted by Crippen LogP contribution is 2.34. The van der Waals surface area contributed by atoms with Crippen molar-refractivity contribution in [3.05, 3.63) is 82.0 Å². The van der Waals surface area contributed by atoms with Crippen molar-refractivity contribution in [3.63, 3.8) is 0 Å². The van der Waals surface area contributed by atoms with Gasteiger partial charge in [0, 0.05) is 0 Å². The maximum Gasteiger partial charge on any atom is 0.262 e. The van der Waals surface area contributed by atoms with E-state index in [9.17, 15) is 9.59 Å². The van der Waals surface area contributed by atoms with E-state index < -0.39 is 6.04 Å². The molecule has 148 valence electrons. The molecule has 2 heterocycles. The predicted octanol–water partition coefficient (Wildman–Crippen LogP) is 3.83. The SMILES string of the molecule is CC(NC(=O)C(NC(=O)c1cccs1)c1ccccc1)c1ccc2c(c1)OCO2. The summed E-state index contributed by atoms with van der Waals surface area (Å²) >= 11 is 1.33. The van der Waals surface area contributed by atoms with Crippen LogP contribution in [0.3, 0.4) is 0 Å². The van der Waals surface area contributed by atoms with E-state index in [2.05, 4.69) is 10.6 Å². The fraction of sp³-hybridized carbons (Fsp3) is 0.182. The highest BCUT2D eigenvalue weighted by Gasteiger charge is 2.25. The maximum absolute atomic E-state index is 13.1. The lowest BCUT2D eigenvalue weighted by Crippen LogP contribution is -2.41. The predicted molar refractivity (Wildman–Crippen MR) is 110 cm³/mol. The maximum atomic E-state index is 13.1. The number of benzene rings is 2. The van der Waals surface area contributed by atoms with Crippen LogP contribution in [0.2, 0.25) is 0 Å². The molecule has 0 fully saturated rings. The van der Waals surface area contributed by atoms with Gasteiger partial charge in [-0.15, -0.1) is 11.3 Å². The number of hydrogen-bond donors (Lipinski definition) is 2. The first-order valence-corrected chi connectivity index (χ1v) is 10.1. The summed E-state index contributed by atoms with van der Waals surface area (Å²) in [6.45, 7) is 2.09. The van der Waals surface area contributed by atoms with Crippen LogP contribution in [0.15, 0.2) is 66.0 Å². The van der Waals surface area contributed by atoms with Crippen molar-refractivity contribution in [1.29, 1.82) is 0 Å². The Morgan fingerprint density at radius 2 is 1.72 bits per heavy atom. The first kappa shape index (κ1) is 19.0. The van der Waals surface area contributed by atoms with Crippen molar-refractivity contribution in [2.24, 2.45) is 0 Å². The van der Waals surface area contributed by atoms with E-state index in [-0.39, 0.29) is 24.6 Å². The molecule has 0 spiro atoms.